The molecule has 3 unspecified atom stereocenters. The largest absolute Gasteiger partial charge is 0.333 e. The lowest BCUT2D eigenvalue weighted by Gasteiger charge is -2.37. The quantitative estimate of drug-likeness (QED) is 0.737. The molecule has 2 heterocycles. The Kier molecular flexibility index (Phi) is 6.18. The van der Waals surface area contributed by atoms with Crippen LogP contribution in [0.5, 0.6) is 0 Å². The molecule has 152 valence electrons. The van der Waals surface area contributed by atoms with Crippen LogP contribution in [-0.4, -0.2) is 78.0 Å². The second kappa shape index (κ2) is 8.60. The topological polar surface area (TPSA) is 80.3 Å². The number of carbonyl (C=O) groups is 2. The SMILES string of the molecule is CCN(CC)CCN=C1NC2C(C(=O)NC(=O)N2C)N1C(C)c1ccccc1. The zero-order valence-corrected chi connectivity index (χ0v) is 17.1. The van der Waals surface area contributed by atoms with Gasteiger partial charge in [-0.25, -0.2) is 4.79 Å². The number of urea groups is 1. The predicted molar refractivity (Wildman–Crippen MR) is 109 cm³/mol. The molecular weight excluding hydrogens is 356 g/mol. The number of nitrogens with zero attached hydrogens (tertiary/aromatic N) is 4. The van der Waals surface area contributed by atoms with Crippen molar-refractivity contribution in [3.05, 3.63) is 35.9 Å². The minimum absolute atomic E-state index is 0.0664. The number of guanidine groups is 1. The molecule has 0 radical (unpaired) electrons. The van der Waals surface area contributed by atoms with E-state index in [1.807, 2.05) is 35.2 Å². The maximum Gasteiger partial charge on any atom is 0.325 e. The Bertz CT molecular complexity index is 733. The number of imide groups is 1. The van der Waals surface area contributed by atoms with Crippen LogP contribution >= 0.6 is 0 Å². The third kappa shape index (κ3) is 3.82. The van der Waals surface area contributed by atoms with Crippen LogP contribution in [0.3, 0.4) is 0 Å². The molecule has 8 nitrogen and oxygen atoms in total. The van der Waals surface area contributed by atoms with Crippen LogP contribution in [0.2, 0.25) is 0 Å². The second-order valence-corrected chi connectivity index (χ2v) is 7.17. The predicted octanol–water partition coefficient (Wildman–Crippen LogP) is 1.23. The van der Waals surface area contributed by atoms with Gasteiger partial charge >= 0.3 is 6.03 Å². The highest BCUT2D eigenvalue weighted by Gasteiger charge is 2.51. The normalized spacial score (nSPS) is 24.4. The van der Waals surface area contributed by atoms with Crippen molar-refractivity contribution in [1.82, 2.24) is 25.3 Å². The molecule has 0 spiro atoms. The van der Waals surface area contributed by atoms with E-state index in [1.165, 1.54) is 4.90 Å². The summed E-state index contributed by atoms with van der Waals surface area (Å²) >= 11 is 0. The van der Waals surface area contributed by atoms with Gasteiger partial charge in [-0.15, -0.1) is 0 Å². The average Bonchev–Trinajstić information content (AvgIpc) is 3.09. The molecule has 0 aromatic heterocycles. The minimum Gasteiger partial charge on any atom is -0.333 e. The summed E-state index contributed by atoms with van der Waals surface area (Å²) in [5.41, 5.74) is 1.09. The molecule has 0 saturated carbocycles. The number of likely N-dealkylation sites (N-methyl/N-ethyl adjacent to an activating group) is 2. The number of amides is 3. The number of hydrogen-bond donors (Lipinski definition) is 2. The molecule has 28 heavy (non-hydrogen) atoms. The van der Waals surface area contributed by atoms with E-state index in [0.29, 0.717) is 12.5 Å². The van der Waals surface area contributed by atoms with Crippen molar-refractivity contribution < 1.29 is 9.59 Å². The Morgan fingerprint density at radius 3 is 2.50 bits per heavy atom. The summed E-state index contributed by atoms with van der Waals surface area (Å²) in [6, 6.07) is 9.05. The van der Waals surface area contributed by atoms with Gasteiger partial charge in [0.1, 0.15) is 6.17 Å². The van der Waals surface area contributed by atoms with E-state index in [0.717, 1.165) is 25.2 Å². The van der Waals surface area contributed by atoms with E-state index < -0.39 is 18.2 Å². The zero-order valence-electron chi connectivity index (χ0n) is 17.1. The summed E-state index contributed by atoms with van der Waals surface area (Å²) in [7, 11) is 1.69. The van der Waals surface area contributed by atoms with Gasteiger partial charge in [-0.1, -0.05) is 44.2 Å². The smallest absolute Gasteiger partial charge is 0.325 e. The molecule has 2 saturated heterocycles. The van der Waals surface area contributed by atoms with E-state index in [4.69, 9.17) is 4.99 Å². The number of carbonyl (C=O) groups excluding carboxylic acids is 2. The van der Waals surface area contributed by atoms with Gasteiger partial charge in [0.25, 0.3) is 5.91 Å². The molecule has 2 aliphatic rings. The van der Waals surface area contributed by atoms with E-state index in [9.17, 15) is 9.59 Å². The lowest BCUT2D eigenvalue weighted by atomic mass is 10.0. The highest BCUT2D eigenvalue weighted by Crippen LogP contribution is 2.30. The first kappa shape index (κ1) is 20.1. The van der Waals surface area contributed by atoms with Crippen LogP contribution in [0.25, 0.3) is 0 Å². The first-order valence-electron chi connectivity index (χ1n) is 9.92. The van der Waals surface area contributed by atoms with Crippen LogP contribution in [0.1, 0.15) is 32.4 Å². The van der Waals surface area contributed by atoms with Crippen molar-refractivity contribution in [2.24, 2.45) is 4.99 Å². The van der Waals surface area contributed by atoms with Crippen LogP contribution in [0, 0.1) is 0 Å². The van der Waals surface area contributed by atoms with Crippen LogP contribution < -0.4 is 10.6 Å². The van der Waals surface area contributed by atoms with E-state index in [-0.39, 0.29) is 11.9 Å². The van der Waals surface area contributed by atoms with Crippen LogP contribution in [-0.2, 0) is 4.79 Å². The van der Waals surface area contributed by atoms with E-state index in [2.05, 4.69) is 36.3 Å². The van der Waals surface area contributed by atoms with Gasteiger partial charge in [0.15, 0.2) is 12.0 Å². The molecule has 2 N–H and O–H groups in total. The second-order valence-electron chi connectivity index (χ2n) is 7.17. The van der Waals surface area contributed by atoms with E-state index >= 15 is 0 Å². The van der Waals surface area contributed by atoms with Gasteiger partial charge < -0.3 is 20.0 Å². The minimum atomic E-state index is -0.523. The summed E-state index contributed by atoms with van der Waals surface area (Å²) in [4.78, 5) is 35.4. The summed E-state index contributed by atoms with van der Waals surface area (Å²) in [5, 5.41) is 5.77. The zero-order chi connectivity index (χ0) is 20.3. The summed E-state index contributed by atoms with van der Waals surface area (Å²) in [6.07, 6.45) is -0.431. The Hall–Kier alpha value is -2.61. The number of rotatable bonds is 7. The average molecular weight is 387 g/mol. The lowest BCUT2D eigenvalue weighted by molar-refractivity contribution is -0.127. The van der Waals surface area contributed by atoms with Gasteiger partial charge in [0, 0.05) is 13.6 Å². The third-order valence-corrected chi connectivity index (χ3v) is 5.63. The standard InChI is InChI=1S/C20H30N6O2/c1-5-25(6-2)13-12-21-19-22-17-16(18(27)23-20(28)24(17)4)26(19)14(3)15-10-8-7-9-11-15/h7-11,14,16-17H,5-6,12-13H2,1-4H3,(H,21,22)(H,23,27,28). The van der Waals surface area contributed by atoms with Crippen molar-refractivity contribution in [2.75, 3.05) is 33.2 Å². The summed E-state index contributed by atoms with van der Waals surface area (Å²) in [5.74, 6) is 0.368. The fourth-order valence-electron chi connectivity index (χ4n) is 3.82. The Morgan fingerprint density at radius 2 is 1.86 bits per heavy atom. The molecule has 2 aliphatic heterocycles. The molecule has 1 aromatic rings. The molecule has 0 aliphatic carbocycles. The number of benzene rings is 1. The van der Waals surface area contributed by atoms with Crippen molar-refractivity contribution in [3.63, 3.8) is 0 Å². The summed E-state index contributed by atoms with van der Waals surface area (Å²) < 4.78 is 0. The van der Waals surface area contributed by atoms with Crippen molar-refractivity contribution in [3.8, 4) is 0 Å². The number of nitrogens with one attached hydrogen (secondary N) is 2. The Morgan fingerprint density at radius 1 is 1.18 bits per heavy atom. The highest BCUT2D eigenvalue weighted by molar-refractivity contribution is 6.04. The highest BCUT2D eigenvalue weighted by atomic mass is 16.2. The first-order chi connectivity index (χ1) is 13.5. The van der Waals surface area contributed by atoms with Gasteiger partial charge in [-0.05, 0) is 25.6 Å². The molecule has 0 bridgehead atoms. The van der Waals surface area contributed by atoms with Crippen LogP contribution in [0.4, 0.5) is 4.79 Å². The van der Waals surface area contributed by atoms with E-state index in [1.54, 1.807) is 7.05 Å². The van der Waals surface area contributed by atoms with Gasteiger partial charge in [-0.3, -0.25) is 15.1 Å². The number of hydrogen-bond acceptors (Lipinski definition) is 4. The van der Waals surface area contributed by atoms with Crippen molar-refractivity contribution in [2.45, 2.75) is 39.0 Å². The van der Waals surface area contributed by atoms with Crippen LogP contribution in [0.15, 0.2) is 35.3 Å². The molecule has 8 heteroatoms. The fraction of sp³-hybridized carbons (Fsp3) is 0.550. The fourth-order valence-corrected chi connectivity index (χ4v) is 3.82. The molecular formula is C20H30N6O2. The van der Waals surface area contributed by atoms with Crippen molar-refractivity contribution in [1.29, 1.82) is 0 Å². The molecule has 2 fully saturated rings. The van der Waals surface area contributed by atoms with Gasteiger partial charge in [0.05, 0.1) is 12.6 Å². The Labute approximate surface area is 166 Å². The molecule has 1 aromatic carbocycles. The number of fused-ring (bicyclic) bond motifs is 1. The maximum atomic E-state index is 12.7. The van der Waals surface area contributed by atoms with Crippen molar-refractivity contribution >= 4 is 17.9 Å². The monoisotopic (exact) mass is 386 g/mol. The third-order valence-electron chi connectivity index (χ3n) is 5.63. The number of aliphatic imine (C=N–C) groups is 1. The summed E-state index contributed by atoms with van der Waals surface area (Å²) in [6.45, 7) is 9.75. The van der Waals surface area contributed by atoms with Gasteiger partial charge in [0.2, 0.25) is 0 Å². The molecule has 3 amide bonds. The molecule has 3 atom stereocenters. The first-order valence-corrected chi connectivity index (χ1v) is 9.92. The molecule has 3 rings (SSSR count). The Balaban J connectivity index is 1.90. The lowest BCUT2D eigenvalue weighted by Crippen LogP contribution is -2.65. The van der Waals surface area contributed by atoms with Gasteiger partial charge in [-0.2, -0.15) is 0 Å². The maximum absolute atomic E-state index is 12.7.